The first-order valence-electron chi connectivity index (χ1n) is 3.85. The molecule has 0 saturated heterocycles. The van der Waals surface area contributed by atoms with Gasteiger partial charge in [-0.15, -0.1) is 10.2 Å². The molecule has 0 radical (unpaired) electrons. The third-order valence-corrected chi connectivity index (χ3v) is 2.41. The van der Waals surface area contributed by atoms with Gasteiger partial charge in [0, 0.05) is 7.05 Å². The number of aryl methyl sites for hydroxylation is 1. The van der Waals surface area contributed by atoms with E-state index in [4.69, 9.17) is 5.73 Å². The van der Waals surface area contributed by atoms with Gasteiger partial charge in [0.2, 0.25) is 10.8 Å². The molecule has 9 heteroatoms. The van der Waals surface area contributed by atoms with Gasteiger partial charge in [0.1, 0.15) is 6.20 Å². The molecule has 0 fully saturated rings. The molecule has 0 aromatic carbocycles. The van der Waals surface area contributed by atoms with Crippen molar-refractivity contribution < 1.29 is 4.92 Å². The van der Waals surface area contributed by atoms with Crippen LogP contribution in [0.1, 0.15) is 0 Å². The molecule has 0 bridgehead atoms. The first-order valence-corrected chi connectivity index (χ1v) is 4.67. The summed E-state index contributed by atoms with van der Waals surface area (Å²) in [6.45, 7) is 0. The fraction of sp³-hybridized carbons (Fsp3) is 0.167. The Labute approximate surface area is 87.5 Å². The fourth-order valence-electron chi connectivity index (χ4n) is 1.09. The highest BCUT2D eigenvalue weighted by Crippen LogP contribution is 2.30. The van der Waals surface area contributed by atoms with Crippen LogP contribution in [0.25, 0.3) is 10.7 Å². The van der Waals surface area contributed by atoms with Gasteiger partial charge in [-0.1, -0.05) is 11.3 Å². The molecule has 78 valence electrons. The van der Waals surface area contributed by atoms with Crippen molar-refractivity contribution >= 4 is 22.2 Å². The van der Waals surface area contributed by atoms with Gasteiger partial charge in [-0.25, -0.2) is 0 Å². The van der Waals surface area contributed by atoms with Crippen LogP contribution in [0.3, 0.4) is 0 Å². The Morgan fingerprint density at radius 1 is 1.60 bits per heavy atom. The number of nitrogen functional groups attached to an aromatic ring is 1. The van der Waals surface area contributed by atoms with Crippen LogP contribution in [-0.4, -0.2) is 24.9 Å². The van der Waals surface area contributed by atoms with Gasteiger partial charge < -0.3 is 5.73 Å². The normalized spacial score (nSPS) is 10.5. The van der Waals surface area contributed by atoms with Gasteiger partial charge in [-0.3, -0.25) is 14.8 Å². The zero-order valence-electron chi connectivity index (χ0n) is 7.62. The third-order valence-electron chi connectivity index (χ3n) is 1.65. The molecular weight excluding hydrogens is 220 g/mol. The van der Waals surface area contributed by atoms with E-state index in [2.05, 4.69) is 15.3 Å². The number of hydrogen-bond donors (Lipinski definition) is 1. The predicted octanol–water partition coefficient (Wildman–Crippen LogP) is 0.429. The lowest BCUT2D eigenvalue weighted by Gasteiger charge is -1.87. The molecule has 2 N–H and O–H groups in total. The van der Waals surface area contributed by atoms with Gasteiger partial charge >= 0.3 is 5.69 Å². The van der Waals surface area contributed by atoms with Crippen molar-refractivity contribution in [3.8, 4) is 10.7 Å². The van der Waals surface area contributed by atoms with Crippen molar-refractivity contribution in [1.29, 1.82) is 0 Å². The molecule has 2 rings (SSSR count). The number of nitro groups is 1. The van der Waals surface area contributed by atoms with Crippen LogP contribution in [0.15, 0.2) is 6.20 Å². The van der Waals surface area contributed by atoms with Crippen LogP contribution in [0.2, 0.25) is 0 Å². The van der Waals surface area contributed by atoms with Crippen LogP contribution in [-0.2, 0) is 7.05 Å². The highest BCUT2D eigenvalue weighted by molar-refractivity contribution is 7.18. The summed E-state index contributed by atoms with van der Waals surface area (Å²) < 4.78 is 1.35. The molecule has 0 aliphatic heterocycles. The van der Waals surface area contributed by atoms with E-state index in [-0.39, 0.29) is 16.5 Å². The number of hydrogen-bond acceptors (Lipinski definition) is 7. The average molecular weight is 226 g/mol. The van der Waals surface area contributed by atoms with Crippen molar-refractivity contribution in [3.63, 3.8) is 0 Å². The van der Waals surface area contributed by atoms with Crippen molar-refractivity contribution in [1.82, 2.24) is 20.0 Å². The van der Waals surface area contributed by atoms with Crippen molar-refractivity contribution in [2.75, 3.05) is 5.73 Å². The lowest BCUT2D eigenvalue weighted by atomic mass is 10.4. The zero-order chi connectivity index (χ0) is 11.0. The monoisotopic (exact) mass is 226 g/mol. The number of anilines is 1. The Kier molecular flexibility index (Phi) is 2.08. The molecule has 0 aliphatic carbocycles. The van der Waals surface area contributed by atoms with Gasteiger partial charge in [-0.05, 0) is 0 Å². The predicted molar refractivity (Wildman–Crippen MR) is 53.2 cm³/mol. The second kappa shape index (κ2) is 3.28. The summed E-state index contributed by atoms with van der Waals surface area (Å²) in [5.41, 5.74) is 5.48. The Balaban J connectivity index is 2.56. The number of rotatable bonds is 2. The van der Waals surface area contributed by atoms with E-state index >= 15 is 0 Å². The molecule has 0 atom stereocenters. The van der Waals surface area contributed by atoms with E-state index in [1.807, 2.05) is 0 Å². The van der Waals surface area contributed by atoms with Crippen molar-refractivity contribution in [2.24, 2.45) is 7.05 Å². The summed E-state index contributed by atoms with van der Waals surface area (Å²) in [5, 5.41) is 22.5. The van der Waals surface area contributed by atoms with E-state index in [1.165, 1.54) is 10.9 Å². The second-order valence-electron chi connectivity index (χ2n) is 2.74. The average Bonchev–Trinajstić information content (AvgIpc) is 2.71. The van der Waals surface area contributed by atoms with Crippen LogP contribution in [0.5, 0.6) is 0 Å². The SMILES string of the molecule is Cn1cc([N+](=O)[O-])c(-c2nnc(N)s2)n1. The summed E-state index contributed by atoms with van der Waals surface area (Å²) in [5.74, 6) is 0. The van der Waals surface area contributed by atoms with Crippen molar-refractivity contribution in [3.05, 3.63) is 16.3 Å². The maximum absolute atomic E-state index is 10.7. The molecule has 0 saturated carbocycles. The van der Waals surface area contributed by atoms with Gasteiger partial charge in [0.15, 0.2) is 5.01 Å². The summed E-state index contributed by atoms with van der Waals surface area (Å²) in [6, 6.07) is 0. The summed E-state index contributed by atoms with van der Waals surface area (Å²) in [4.78, 5) is 10.2. The smallest absolute Gasteiger partial charge is 0.317 e. The molecule has 2 aromatic rings. The molecule has 0 spiro atoms. The van der Waals surface area contributed by atoms with Crippen LogP contribution < -0.4 is 5.73 Å². The van der Waals surface area contributed by atoms with Crippen LogP contribution >= 0.6 is 11.3 Å². The molecule has 0 aliphatic rings. The van der Waals surface area contributed by atoms with Gasteiger partial charge in [0.05, 0.1) is 4.92 Å². The number of aromatic nitrogens is 4. The maximum atomic E-state index is 10.7. The molecule has 2 heterocycles. The molecule has 0 amide bonds. The lowest BCUT2D eigenvalue weighted by Crippen LogP contribution is -1.89. The molecule has 8 nitrogen and oxygen atoms in total. The minimum absolute atomic E-state index is 0.103. The first-order chi connectivity index (χ1) is 7.08. The topological polar surface area (TPSA) is 113 Å². The maximum Gasteiger partial charge on any atom is 0.317 e. The lowest BCUT2D eigenvalue weighted by molar-refractivity contribution is -0.384. The molecule has 15 heavy (non-hydrogen) atoms. The minimum atomic E-state index is -0.514. The minimum Gasteiger partial charge on any atom is -0.374 e. The molecular formula is C6H6N6O2S. The van der Waals surface area contributed by atoms with E-state index in [0.29, 0.717) is 5.01 Å². The quantitative estimate of drug-likeness (QED) is 0.586. The Bertz CT molecular complexity index is 517. The van der Waals surface area contributed by atoms with E-state index < -0.39 is 4.92 Å². The molecule has 0 unspecified atom stereocenters. The van der Waals surface area contributed by atoms with Gasteiger partial charge in [-0.2, -0.15) is 5.10 Å². The van der Waals surface area contributed by atoms with E-state index in [0.717, 1.165) is 11.3 Å². The Hall–Kier alpha value is -2.03. The highest BCUT2D eigenvalue weighted by atomic mass is 32.1. The van der Waals surface area contributed by atoms with E-state index in [9.17, 15) is 10.1 Å². The Morgan fingerprint density at radius 2 is 2.33 bits per heavy atom. The zero-order valence-corrected chi connectivity index (χ0v) is 8.43. The Morgan fingerprint density at radius 3 is 2.87 bits per heavy atom. The summed E-state index contributed by atoms with van der Waals surface area (Å²) >= 11 is 1.06. The van der Waals surface area contributed by atoms with E-state index in [1.54, 1.807) is 7.05 Å². The van der Waals surface area contributed by atoms with Crippen molar-refractivity contribution in [2.45, 2.75) is 0 Å². The van der Waals surface area contributed by atoms with Crippen LogP contribution in [0, 0.1) is 10.1 Å². The largest absolute Gasteiger partial charge is 0.374 e. The molecule has 2 aromatic heterocycles. The van der Waals surface area contributed by atoms with Gasteiger partial charge in [0.25, 0.3) is 0 Å². The fourth-order valence-corrected chi connectivity index (χ4v) is 1.70. The first kappa shape index (κ1) is 9.52. The number of nitrogens with two attached hydrogens (primary N) is 1. The van der Waals surface area contributed by atoms with Crippen LogP contribution in [0.4, 0.5) is 10.8 Å². The number of nitrogens with zero attached hydrogens (tertiary/aromatic N) is 5. The summed E-state index contributed by atoms with van der Waals surface area (Å²) in [7, 11) is 1.60. The highest BCUT2D eigenvalue weighted by Gasteiger charge is 2.22. The standard InChI is InChI=1S/C6H6N6O2S/c1-11-2-3(12(13)14)4(10-11)5-8-9-6(7)15-5/h2H,1H3,(H2,7,9). The second-order valence-corrected chi connectivity index (χ2v) is 3.75. The third kappa shape index (κ3) is 1.64. The summed E-state index contributed by atoms with van der Waals surface area (Å²) in [6.07, 6.45) is 1.31.